The predicted octanol–water partition coefficient (Wildman–Crippen LogP) is 3.62. The van der Waals surface area contributed by atoms with Crippen molar-refractivity contribution in [2.45, 2.75) is 46.0 Å². The summed E-state index contributed by atoms with van der Waals surface area (Å²) in [6, 6.07) is 5.76. The van der Waals surface area contributed by atoms with Crippen molar-refractivity contribution >= 4 is 17.5 Å². The van der Waals surface area contributed by atoms with Crippen LogP contribution in [0.2, 0.25) is 0 Å². The fraction of sp³-hybridized carbons (Fsp3) is 0.429. The van der Waals surface area contributed by atoms with Crippen LogP contribution in [0.15, 0.2) is 30.6 Å². The second-order valence-corrected chi connectivity index (χ2v) is 8.28. The van der Waals surface area contributed by atoms with Crippen LogP contribution in [0.1, 0.15) is 46.1 Å². The molecule has 1 atom stereocenters. The van der Waals surface area contributed by atoms with Crippen LogP contribution in [-0.4, -0.2) is 28.4 Å². The number of nitrogens with zero attached hydrogens (tertiary/aromatic N) is 3. The number of ether oxygens (including phenoxy) is 2. The Kier molecular flexibility index (Phi) is 4.14. The molecule has 1 saturated heterocycles. The Hall–Kier alpha value is -2.96. The molecule has 0 radical (unpaired) electrons. The van der Waals surface area contributed by atoms with Gasteiger partial charge in [-0.25, -0.2) is 14.9 Å². The van der Waals surface area contributed by atoms with Gasteiger partial charge in [-0.2, -0.15) is 0 Å². The maximum atomic E-state index is 12.6. The molecule has 146 valence electrons. The fourth-order valence-electron chi connectivity index (χ4n) is 3.56. The fourth-order valence-corrected chi connectivity index (χ4v) is 3.56. The van der Waals surface area contributed by atoms with Crippen molar-refractivity contribution in [2.24, 2.45) is 5.41 Å². The van der Waals surface area contributed by atoms with Crippen molar-refractivity contribution in [3.63, 3.8) is 0 Å². The van der Waals surface area contributed by atoms with Crippen LogP contribution in [0, 0.1) is 5.41 Å². The summed E-state index contributed by atoms with van der Waals surface area (Å²) in [5.41, 5.74) is 0.699. The van der Waals surface area contributed by atoms with Gasteiger partial charge in [-0.05, 0) is 24.6 Å². The first-order valence-corrected chi connectivity index (χ1v) is 9.38. The summed E-state index contributed by atoms with van der Waals surface area (Å²) in [4.78, 5) is 34.5. The second kappa shape index (κ2) is 6.29. The van der Waals surface area contributed by atoms with Crippen molar-refractivity contribution in [1.29, 1.82) is 0 Å². The Morgan fingerprint density at radius 3 is 2.54 bits per heavy atom. The van der Waals surface area contributed by atoms with E-state index in [4.69, 9.17) is 9.47 Å². The molecule has 7 heteroatoms. The Labute approximate surface area is 163 Å². The number of hydrogen-bond donors (Lipinski definition) is 0. The van der Waals surface area contributed by atoms with Gasteiger partial charge in [-0.3, -0.25) is 9.59 Å². The van der Waals surface area contributed by atoms with Crippen molar-refractivity contribution < 1.29 is 19.1 Å². The number of rotatable bonds is 4. The lowest BCUT2D eigenvalue weighted by Crippen LogP contribution is -2.34. The molecule has 1 aromatic heterocycles. The van der Waals surface area contributed by atoms with Crippen LogP contribution >= 0.6 is 0 Å². The smallest absolute Gasteiger partial charge is 0.322 e. The van der Waals surface area contributed by atoms with E-state index in [9.17, 15) is 9.59 Å². The van der Waals surface area contributed by atoms with Crippen LogP contribution < -0.4 is 14.4 Å². The predicted molar refractivity (Wildman–Crippen MR) is 103 cm³/mol. The number of amides is 2. The number of imide groups is 1. The molecular weight excluding hydrogens is 358 g/mol. The van der Waals surface area contributed by atoms with Crippen LogP contribution in [0.25, 0.3) is 0 Å². The minimum atomic E-state index is -0.661. The lowest BCUT2D eigenvalue weighted by Gasteiger charge is -2.19. The second-order valence-electron chi connectivity index (χ2n) is 8.28. The largest absolute Gasteiger partial charge is 0.492 e. The Morgan fingerprint density at radius 2 is 1.89 bits per heavy atom. The van der Waals surface area contributed by atoms with E-state index in [-0.39, 0.29) is 29.7 Å². The third-order valence-corrected chi connectivity index (χ3v) is 5.64. The topological polar surface area (TPSA) is 81.6 Å². The summed E-state index contributed by atoms with van der Waals surface area (Å²) >= 11 is 0. The molecule has 0 unspecified atom stereocenters. The maximum absolute atomic E-state index is 12.6. The van der Waals surface area contributed by atoms with E-state index in [0.717, 1.165) is 11.3 Å². The zero-order valence-electron chi connectivity index (χ0n) is 16.5. The minimum Gasteiger partial charge on any atom is -0.492 e. The van der Waals surface area contributed by atoms with Gasteiger partial charge in [0.15, 0.2) is 0 Å². The van der Waals surface area contributed by atoms with Crippen LogP contribution in [-0.2, 0) is 15.0 Å². The molecule has 0 saturated carbocycles. The standard InChI is InChI=1S/C21H23N3O4/c1-5-21(4)9-17(25)24(18(21)26)13-10-22-19(23-11-13)28-14-6-7-16-15(8-14)20(2,3)12-27-16/h6-8,10-11H,5,9,12H2,1-4H3/t21-/m0/s1. The van der Waals surface area contributed by atoms with E-state index in [1.807, 2.05) is 26.0 Å². The third-order valence-electron chi connectivity index (χ3n) is 5.64. The molecule has 0 bridgehead atoms. The van der Waals surface area contributed by atoms with Gasteiger partial charge in [-0.15, -0.1) is 0 Å². The number of carbonyl (C=O) groups is 2. The van der Waals surface area contributed by atoms with E-state index in [1.54, 1.807) is 6.07 Å². The third kappa shape index (κ3) is 2.91. The number of aromatic nitrogens is 2. The summed E-state index contributed by atoms with van der Waals surface area (Å²) in [5, 5.41) is 0. The van der Waals surface area contributed by atoms with E-state index in [0.29, 0.717) is 24.5 Å². The van der Waals surface area contributed by atoms with Crippen molar-refractivity contribution in [1.82, 2.24) is 9.97 Å². The first-order chi connectivity index (χ1) is 13.2. The van der Waals surface area contributed by atoms with Gasteiger partial charge in [0.1, 0.15) is 11.5 Å². The van der Waals surface area contributed by atoms with Gasteiger partial charge >= 0.3 is 6.01 Å². The molecule has 28 heavy (non-hydrogen) atoms. The summed E-state index contributed by atoms with van der Waals surface area (Å²) in [7, 11) is 0. The highest BCUT2D eigenvalue weighted by Gasteiger charge is 2.47. The average Bonchev–Trinajstić information content (AvgIpc) is 3.09. The van der Waals surface area contributed by atoms with Gasteiger partial charge in [-0.1, -0.05) is 27.7 Å². The molecule has 7 nitrogen and oxygen atoms in total. The Morgan fingerprint density at radius 1 is 1.18 bits per heavy atom. The molecule has 1 fully saturated rings. The number of carbonyl (C=O) groups excluding carboxylic acids is 2. The van der Waals surface area contributed by atoms with Gasteiger partial charge in [0.2, 0.25) is 11.8 Å². The first kappa shape index (κ1) is 18.4. The molecule has 4 rings (SSSR count). The molecule has 2 aliphatic rings. The highest BCUT2D eigenvalue weighted by molar-refractivity contribution is 6.22. The lowest BCUT2D eigenvalue weighted by molar-refractivity contribution is -0.125. The SMILES string of the molecule is CC[C@@]1(C)CC(=O)N(c2cnc(Oc3ccc4c(c3)C(C)(C)CO4)nc2)C1=O. The zero-order chi connectivity index (χ0) is 20.1. The summed E-state index contributed by atoms with van der Waals surface area (Å²) in [5.74, 6) is 1.03. The van der Waals surface area contributed by atoms with Crippen molar-refractivity contribution in [3.05, 3.63) is 36.2 Å². The monoisotopic (exact) mass is 381 g/mol. The molecule has 2 aliphatic heterocycles. The molecule has 2 amide bonds. The maximum Gasteiger partial charge on any atom is 0.322 e. The van der Waals surface area contributed by atoms with E-state index < -0.39 is 5.41 Å². The summed E-state index contributed by atoms with van der Waals surface area (Å²) in [6.45, 7) is 8.57. The zero-order valence-corrected chi connectivity index (χ0v) is 16.5. The minimum absolute atomic E-state index is 0.0815. The lowest BCUT2D eigenvalue weighted by atomic mass is 9.86. The molecule has 0 N–H and O–H groups in total. The van der Waals surface area contributed by atoms with Crippen molar-refractivity contribution in [3.8, 4) is 17.5 Å². The number of benzene rings is 1. The molecule has 2 aromatic rings. The molecule has 3 heterocycles. The summed E-state index contributed by atoms with van der Waals surface area (Å²) in [6.07, 6.45) is 3.70. The Balaban J connectivity index is 1.54. The molecule has 1 aromatic carbocycles. The quantitative estimate of drug-likeness (QED) is 0.753. The molecule has 0 aliphatic carbocycles. The van der Waals surface area contributed by atoms with Gasteiger partial charge in [0.25, 0.3) is 0 Å². The number of anilines is 1. The van der Waals surface area contributed by atoms with Crippen LogP contribution in [0.4, 0.5) is 5.69 Å². The highest BCUT2D eigenvalue weighted by atomic mass is 16.5. The Bertz CT molecular complexity index is 955. The van der Waals surface area contributed by atoms with Crippen LogP contribution in [0.5, 0.6) is 17.5 Å². The van der Waals surface area contributed by atoms with E-state index in [1.165, 1.54) is 17.3 Å². The van der Waals surface area contributed by atoms with Gasteiger partial charge in [0, 0.05) is 17.4 Å². The van der Waals surface area contributed by atoms with Gasteiger partial charge in [0.05, 0.1) is 30.1 Å². The average molecular weight is 381 g/mol. The van der Waals surface area contributed by atoms with Crippen LogP contribution in [0.3, 0.4) is 0 Å². The van der Waals surface area contributed by atoms with Gasteiger partial charge < -0.3 is 9.47 Å². The molecular formula is C21H23N3O4. The first-order valence-electron chi connectivity index (χ1n) is 9.38. The highest BCUT2D eigenvalue weighted by Crippen LogP contribution is 2.41. The molecule has 0 spiro atoms. The normalized spacial score (nSPS) is 22.9. The van der Waals surface area contributed by atoms with Crippen molar-refractivity contribution in [2.75, 3.05) is 11.5 Å². The number of hydrogen-bond acceptors (Lipinski definition) is 6. The number of fused-ring (bicyclic) bond motifs is 1. The summed E-state index contributed by atoms with van der Waals surface area (Å²) < 4.78 is 11.4. The van der Waals surface area contributed by atoms with E-state index in [2.05, 4.69) is 23.8 Å². The van der Waals surface area contributed by atoms with E-state index >= 15 is 0 Å².